The summed E-state index contributed by atoms with van der Waals surface area (Å²) >= 11 is 0. The third kappa shape index (κ3) is 4.99. The highest BCUT2D eigenvalue weighted by atomic mass is 16.4. The van der Waals surface area contributed by atoms with Crippen LogP contribution in [0.4, 0.5) is 0 Å². The number of nitrogens with one attached hydrogen (secondary N) is 1. The fourth-order valence-corrected chi connectivity index (χ4v) is 1.62. The minimum Gasteiger partial charge on any atom is -0.481 e. The lowest BCUT2D eigenvalue weighted by atomic mass is 10.0. The van der Waals surface area contributed by atoms with E-state index in [0.717, 1.165) is 5.56 Å². The summed E-state index contributed by atoms with van der Waals surface area (Å²) in [6.07, 6.45) is 0.246. The van der Waals surface area contributed by atoms with Gasteiger partial charge in [0.2, 0.25) is 5.91 Å². The lowest BCUT2D eigenvalue weighted by molar-refractivity contribution is -0.140. The molecule has 1 rings (SSSR count). The minimum absolute atomic E-state index is 0.443. The van der Waals surface area contributed by atoms with Gasteiger partial charge < -0.3 is 10.4 Å². The summed E-state index contributed by atoms with van der Waals surface area (Å²) in [5.74, 6) is -1.04. The molecule has 0 atom stereocenters. The van der Waals surface area contributed by atoms with Gasteiger partial charge in [0.25, 0.3) is 0 Å². The van der Waals surface area contributed by atoms with Crippen molar-refractivity contribution >= 4 is 11.9 Å². The standard InChI is InChI=1S/C14H19NO3/c1-10(2)12-5-3-11(4-6-12)7-8-15-13(16)9-14(17)18/h3-6,10H,7-9H2,1-2H3,(H,15,16)(H,17,18). The molecule has 0 aliphatic carbocycles. The molecule has 0 unspecified atom stereocenters. The molecule has 18 heavy (non-hydrogen) atoms. The summed E-state index contributed by atoms with van der Waals surface area (Å²) in [5.41, 5.74) is 2.42. The van der Waals surface area contributed by atoms with Crippen molar-refractivity contribution in [3.8, 4) is 0 Å². The van der Waals surface area contributed by atoms with Crippen LogP contribution in [0.5, 0.6) is 0 Å². The average molecular weight is 249 g/mol. The molecular formula is C14H19NO3. The second kappa shape index (κ2) is 6.79. The Labute approximate surface area is 107 Å². The van der Waals surface area contributed by atoms with Crippen LogP contribution in [0.25, 0.3) is 0 Å². The van der Waals surface area contributed by atoms with Gasteiger partial charge in [0.05, 0.1) is 0 Å². The Morgan fingerprint density at radius 2 is 1.83 bits per heavy atom. The van der Waals surface area contributed by atoms with E-state index in [9.17, 15) is 9.59 Å². The van der Waals surface area contributed by atoms with Crippen molar-refractivity contribution in [2.24, 2.45) is 0 Å². The summed E-state index contributed by atoms with van der Waals surface area (Å²) < 4.78 is 0. The summed E-state index contributed by atoms with van der Waals surface area (Å²) in [4.78, 5) is 21.4. The smallest absolute Gasteiger partial charge is 0.312 e. The molecule has 0 aromatic heterocycles. The van der Waals surface area contributed by atoms with Gasteiger partial charge in [0, 0.05) is 6.54 Å². The molecule has 0 aliphatic rings. The Morgan fingerprint density at radius 1 is 1.22 bits per heavy atom. The van der Waals surface area contributed by atoms with Gasteiger partial charge in [-0.3, -0.25) is 9.59 Å². The maximum Gasteiger partial charge on any atom is 0.312 e. The van der Waals surface area contributed by atoms with E-state index < -0.39 is 18.3 Å². The highest BCUT2D eigenvalue weighted by Gasteiger charge is 2.06. The van der Waals surface area contributed by atoms with Crippen LogP contribution >= 0.6 is 0 Å². The van der Waals surface area contributed by atoms with Crippen molar-refractivity contribution < 1.29 is 14.7 Å². The lowest BCUT2D eigenvalue weighted by Gasteiger charge is -2.07. The van der Waals surface area contributed by atoms with Gasteiger partial charge in [-0.05, 0) is 23.5 Å². The maximum atomic E-state index is 11.1. The van der Waals surface area contributed by atoms with Crippen LogP contribution in [0.15, 0.2) is 24.3 Å². The zero-order chi connectivity index (χ0) is 13.5. The highest BCUT2D eigenvalue weighted by molar-refractivity contribution is 5.93. The molecule has 4 nitrogen and oxygen atoms in total. The maximum absolute atomic E-state index is 11.1. The first kappa shape index (κ1) is 14.2. The van der Waals surface area contributed by atoms with Crippen LogP contribution in [0, 0.1) is 0 Å². The van der Waals surface area contributed by atoms with E-state index in [4.69, 9.17) is 5.11 Å². The van der Waals surface area contributed by atoms with Crippen LogP contribution in [-0.4, -0.2) is 23.5 Å². The Kier molecular flexibility index (Phi) is 5.36. The number of aliphatic carboxylic acids is 1. The van der Waals surface area contributed by atoms with E-state index in [1.54, 1.807) is 0 Å². The first-order valence-electron chi connectivity index (χ1n) is 6.06. The number of rotatable bonds is 6. The number of benzene rings is 1. The number of carboxylic acid groups (broad SMARTS) is 1. The fourth-order valence-electron chi connectivity index (χ4n) is 1.62. The highest BCUT2D eigenvalue weighted by Crippen LogP contribution is 2.14. The van der Waals surface area contributed by atoms with Crippen LogP contribution in [-0.2, 0) is 16.0 Å². The number of hydrogen-bond acceptors (Lipinski definition) is 2. The van der Waals surface area contributed by atoms with Crippen molar-refractivity contribution in [3.05, 3.63) is 35.4 Å². The second-order valence-corrected chi connectivity index (χ2v) is 4.57. The van der Waals surface area contributed by atoms with E-state index in [1.807, 2.05) is 12.1 Å². The molecule has 4 heteroatoms. The summed E-state index contributed by atoms with van der Waals surface area (Å²) in [5, 5.41) is 11.0. The van der Waals surface area contributed by atoms with Crippen LogP contribution < -0.4 is 5.32 Å². The van der Waals surface area contributed by atoms with Gasteiger partial charge >= 0.3 is 5.97 Å². The van der Waals surface area contributed by atoms with Crippen molar-refractivity contribution in [1.82, 2.24) is 5.32 Å². The van der Waals surface area contributed by atoms with Crippen molar-refractivity contribution in [3.63, 3.8) is 0 Å². The molecule has 0 spiro atoms. The van der Waals surface area contributed by atoms with Crippen molar-refractivity contribution in [1.29, 1.82) is 0 Å². The van der Waals surface area contributed by atoms with Gasteiger partial charge in [-0.15, -0.1) is 0 Å². The summed E-state index contributed by atoms with van der Waals surface area (Å²) in [6.45, 7) is 4.75. The first-order valence-corrected chi connectivity index (χ1v) is 6.06. The quantitative estimate of drug-likeness (QED) is 0.757. The third-order valence-corrected chi connectivity index (χ3v) is 2.69. The zero-order valence-electron chi connectivity index (χ0n) is 10.8. The SMILES string of the molecule is CC(C)c1ccc(CCNC(=O)CC(=O)O)cc1. The van der Waals surface area contributed by atoms with E-state index in [-0.39, 0.29) is 0 Å². The Balaban J connectivity index is 2.35. The van der Waals surface area contributed by atoms with E-state index in [1.165, 1.54) is 5.56 Å². The Morgan fingerprint density at radius 3 is 2.33 bits per heavy atom. The Hall–Kier alpha value is -1.84. The molecule has 0 saturated carbocycles. The van der Waals surface area contributed by atoms with Gasteiger partial charge in [0.1, 0.15) is 6.42 Å². The zero-order valence-corrected chi connectivity index (χ0v) is 10.8. The van der Waals surface area contributed by atoms with E-state index >= 15 is 0 Å². The van der Waals surface area contributed by atoms with Crippen molar-refractivity contribution in [2.75, 3.05) is 6.54 Å². The molecule has 98 valence electrons. The van der Waals surface area contributed by atoms with Crippen molar-refractivity contribution in [2.45, 2.75) is 32.6 Å². The average Bonchev–Trinajstić information content (AvgIpc) is 2.28. The first-order chi connectivity index (χ1) is 8.49. The molecule has 0 radical (unpaired) electrons. The predicted molar refractivity (Wildman–Crippen MR) is 69.5 cm³/mol. The number of amides is 1. The lowest BCUT2D eigenvalue weighted by Crippen LogP contribution is -2.27. The molecular weight excluding hydrogens is 230 g/mol. The van der Waals surface area contributed by atoms with E-state index in [0.29, 0.717) is 18.9 Å². The largest absolute Gasteiger partial charge is 0.481 e. The molecule has 1 aromatic rings. The normalized spacial score (nSPS) is 10.4. The topological polar surface area (TPSA) is 66.4 Å². The molecule has 0 fully saturated rings. The molecule has 0 bridgehead atoms. The monoisotopic (exact) mass is 249 g/mol. The number of carbonyl (C=O) groups is 2. The summed E-state index contributed by atoms with van der Waals surface area (Å²) in [7, 11) is 0. The molecule has 2 N–H and O–H groups in total. The number of carbonyl (C=O) groups excluding carboxylic acids is 1. The van der Waals surface area contributed by atoms with Crippen LogP contribution in [0.1, 0.15) is 37.3 Å². The van der Waals surface area contributed by atoms with Gasteiger partial charge in [-0.2, -0.15) is 0 Å². The van der Waals surface area contributed by atoms with E-state index in [2.05, 4.69) is 31.3 Å². The minimum atomic E-state index is -1.10. The molecule has 0 heterocycles. The van der Waals surface area contributed by atoms with Crippen LogP contribution in [0.2, 0.25) is 0 Å². The number of carboxylic acids is 1. The molecule has 0 aliphatic heterocycles. The third-order valence-electron chi connectivity index (χ3n) is 2.69. The number of hydrogen-bond donors (Lipinski definition) is 2. The van der Waals surface area contributed by atoms with Gasteiger partial charge in [-0.1, -0.05) is 38.1 Å². The molecule has 1 aromatic carbocycles. The molecule has 0 saturated heterocycles. The second-order valence-electron chi connectivity index (χ2n) is 4.57. The summed E-state index contributed by atoms with van der Waals surface area (Å²) in [6, 6.07) is 8.25. The molecule has 1 amide bonds. The van der Waals surface area contributed by atoms with Gasteiger partial charge in [0.15, 0.2) is 0 Å². The van der Waals surface area contributed by atoms with Gasteiger partial charge in [-0.25, -0.2) is 0 Å². The van der Waals surface area contributed by atoms with Crippen LogP contribution in [0.3, 0.4) is 0 Å². The predicted octanol–water partition coefficient (Wildman–Crippen LogP) is 1.94. The Bertz CT molecular complexity index is 410. The fraction of sp³-hybridized carbons (Fsp3) is 0.429.